The molecule has 2 heteroatoms. The maximum atomic E-state index is 12.5. The van der Waals surface area contributed by atoms with Crippen molar-refractivity contribution in [2.75, 3.05) is 11.4 Å². The maximum absolute atomic E-state index is 12.5. The third-order valence-corrected chi connectivity index (χ3v) is 4.83. The van der Waals surface area contributed by atoms with Gasteiger partial charge in [-0.05, 0) is 42.5 Å². The van der Waals surface area contributed by atoms with Gasteiger partial charge in [0, 0.05) is 25.1 Å². The van der Waals surface area contributed by atoms with Crippen LogP contribution in [-0.2, 0) is 11.2 Å². The number of anilines is 1. The summed E-state index contributed by atoms with van der Waals surface area (Å²) >= 11 is 0. The van der Waals surface area contributed by atoms with Crippen LogP contribution >= 0.6 is 0 Å². The molecule has 1 heterocycles. The Morgan fingerprint density at radius 1 is 1.12 bits per heavy atom. The van der Waals surface area contributed by atoms with E-state index in [1.54, 1.807) is 0 Å². The van der Waals surface area contributed by atoms with E-state index in [4.69, 9.17) is 0 Å². The number of nitrogens with zero attached hydrogens (tertiary/aromatic N) is 1. The first-order valence-corrected chi connectivity index (χ1v) is 8.97. The van der Waals surface area contributed by atoms with Crippen molar-refractivity contribution in [3.8, 4) is 0 Å². The number of fused-ring (bicyclic) bond motifs is 1. The van der Waals surface area contributed by atoms with Gasteiger partial charge in [-0.25, -0.2) is 0 Å². The van der Waals surface area contributed by atoms with Crippen LogP contribution in [0.3, 0.4) is 0 Å². The Kier molecular flexibility index (Phi) is 5.03. The Morgan fingerprint density at radius 3 is 2.54 bits per heavy atom. The van der Waals surface area contributed by atoms with E-state index in [9.17, 15) is 4.79 Å². The van der Waals surface area contributed by atoms with Crippen LogP contribution in [0.1, 0.15) is 49.4 Å². The highest BCUT2D eigenvalue weighted by Crippen LogP contribution is 2.36. The summed E-state index contributed by atoms with van der Waals surface area (Å²) in [5.41, 5.74) is 5.20. The molecule has 1 aliphatic heterocycles. The van der Waals surface area contributed by atoms with Crippen molar-refractivity contribution in [2.24, 2.45) is 5.92 Å². The molecule has 1 aliphatic rings. The SMILES string of the molecule is Cc1ccc(N2CCc3ccccc3C2CC(=O)CC(C)C)cc1. The van der Waals surface area contributed by atoms with Gasteiger partial charge in [-0.2, -0.15) is 0 Å². The van der Waals surface area contributed by atoms with E-state index < -0.39 is 0 Å². The number of hydrogen-bond acceptors (Lipinski definition) is 2. The molecule has 0 aromatic heterocycles. The van der Waals surface area contributed by atoms with Crippen LogP contribution in [0.25, 0.3) is 0 Å². The Labute approximate surface area is 145 Å². The summed E-state index contributed by atoms with van der Waals surface area (Å²) in [4.78, 5) is 15.0. The zero-order valence-electron chi connectivity index (χ0n) is 15.0. The molecule has 126 valence electrons. The van der Waals surface area contributed by atoms with Gasteiger partial charge in [-0.3, -0.25) is 4.79 Å². The van der Waals surface area contributed by atoms with E-state index in [0.717, 1.165) is 13.0 Å². The van der Waals surface area contributed by atoms with Crippen molar-refractivity contribution in [1.82, 2.24) is 0 Å². The van der Waals surface area contributed by atoms with Gasteiger partial charge in [0.25, 0.3) is 0 Å². The van der Waals surface area contributed by atoms with Crippen LogP contribution in [-0.4, -0.2) is 12.3 Å². The highest BCUT2D eigenvalue weighted by Gasteiger charge is 2.29. The van der Waals surface area contributed by atoms with Crippen molar-refractivity contribution < 1.29 is 4.79 Å². The van der Waals surface area contributed by atoms with E-state index >= 15 is 0 Å². The fourth-order valence-electron chi connectivity index (χ4n) is 3.67. The summed E-state index contributed by atoms with van der Waals surface area (Å²) in [7, 11) is 0. The van der Waals surface area contributed by atoms with Crippen molar-refractivity contribution in [1.29, 1.82) is 0 Å². The van der Waals surface area contributed by atoms with Crippen molar-refractivity contribution in [2.45, 2.75) is 46.1 Å². The lowest BCUT2D eigenvalue weighted by atomic mass is 9.88. The van der Waals surface area contributed by atoms with Crippen LogP contribution < -0.4 is 4.90 Å². The second-order valence-electron chi connectivity index (χ2n) is 7.33. The quantitative estimate of drug-likeness (QED) is 0.763. The molecule has 1 atom stereocenters. The number of rotatable bonds is 5. The molecular weight excluding hydrogens is 294 g/mol. The highest BCUT2D eigenvalue weighted by atomic mass is 16.1. The number of benzene rings is 2. The van der Waals surface area contributed by atoms with E-state index in [1.165, 1.54) is 22.4 Å². The molecule has 0 spiro atoms. The number of aryl methyl sites for hydroxylation is 1. The summed E-state index contributed by atoms with van der Waals surface area (Å²) in [6.07, 6.45) is 2.31. The summed E-state index contributed by atoms with van der Waals surface area (Å²) in [5.74, 6) is 0.785. The fourth-order valence-corrected chi connectivity index (χ4v) is 3.67. The van der Waals surface area contributed by atoms with Gasteiger partial charge in [0.2, 0.25) is 0 Å². The summed E-state index contributed by atoms with van der Waals surface area (Å²) in [6.45, 7) is 7.31. The Hall–Kier alpha value is -2.09. The monoisotopic (exact) mass is 321 g/mol. The zero-order chi connectivity index (χ0) is 17.1. The molecule has 0 amide bonds. The van der Waals surface area contributed by atoms with Gasteiger partial charge >= 0.3 is 0 Å². The molecule has 1 unspecified atom stereocenters. The Morgan fingerprint density at radius 2 is 1.83 bits per heavy atom. The lowest BCUT2D eigenvalue weighted by Gasteiger charge is -2.39. The second kappa shape index (κ2) is 7.21. The molecule has 2 nitrogen and oxygen atoms in total. The summed E-state index contributed by atoms with van der Waals surface area (Å²) < 4.78 is 0. The first kappa shape index (κ1) is 16.8. The van der Waals surface area contributed by atoms with Gasteiger partial charge in [0.05, 0.1) is 6.04 Å². The van der Waals surface area contributed by atoms with E-state index in [-0.39, 0.29) is 6.04 Å². The third-order valence-electron chi connectivity index (χ3n) is 4.83. The molecule has 2 aromatic rings. The Balaban J connectivity index is 1.92. The van der Waals surface area contributed by atoms with Gasteiger partial charge in [-0.1, -0.05) is 55.8 Å². The van der Waals surface area contributed by atoms with E-state index in [1.807, 2.05) is 0 Å². The molecule has 0 aliphatic carbocycles. The normalized spacial score (nSPS) is 17.0. The smallest absolute Gasteiger partial charge is 0.135 e. The minimum atomic E-state index is 0.156. The largest absolute Gasteiger partial charge is 0.364 e. The first-order chi connectivity index (χ1) is 11.5. The number of carbonyl (C=O) groups is 1. The van der Waals surface area contributed by atoms with Crippen LogP contribution in [0.4, 0.5) is 5.69 Å². The zero-order valence-corrected chi connectivity index (χ0v) is 15.0. The number of carbonyl (C=O) groups excluding carboxylic acids is 1. The minimum absolute atomic E-state index is 0.156. The van der Waals surface area contributed by atoms with Crippen LogP contribution in [0, 0.1) is 12.8 Å². The van der Waals surface area contributed by atoms with E-state index in [2.05, 4.69) is 74.2 Å². The average Bonchev–Trinajstić information content (AvgIpc) is 2.55. The molecule has 0 N–H and O–H groups in total. The number of ketones is 1. The van der Waals surface area contributed by atoms with Gasteiger partial charge in [0.1, 0.15) is 5.78 Å². The van der Waals surface area contributed by atoms with E-state index in [0.29, 0.717) is 24.5 Å². The standard InChI is InChI=1S/C22H27NO/c1-16(2)14-20(24)15-22-21-7-5-4-6-18(21)12-13-23(22)19-10-8-17(3)9-11-19/h4-11,16,22H,12-15H2,1-3H3. The molecule has 2 aromatic carbocycles. The topological polar surface area (TPSA) is 20.3 Å². The van der Waals surface area contributed by atoms with Crippen molar-refractivity contribution in [3.63, 3.8) is 0 Å². The van der Waals surface area contributed by atoms with Crippen LogP contribution in [0.15, 0.2) is 48.5 Å². The lowest BCUT2D eigenvalue weighted by molar-refractivity contribution is -0.120. The molecule has 24 heavy (non-hydrogen) atoms. The molecule has 0 bridgehead atoms. The second-order valence-corrected chi connectivity index (χ2v) is 7.33. The highest BCUT2D eigenvalue weighted by molar-refractivity contribution is 5.80. The molecule has 0 radical (unpaired) electrons. The molecule has 0 saturated carbocycles. The predicted molar refractivity (Wildman–Crippen MR) is 100 cm³/mol. The van der Waals surface area contributed by atoms with Gasteiger partial charge in [0.15, 0.2) is 0 Å². The molecule has 0 fully saturated rings. The minimum Gasteiger partial charge on any atom is -0.364 e. The van der Waals surface area contributed by atoms with Gasteiger partial charge < -0.3 is 4.90 Å². The molecular formula is C22H27NO. The van der Waals surface area contributed by atoms with Crippen molar-refractivity contribution in [3.05, 3.63) is 65.2 Å². The lowest BCUT2D eigenvalue weighted by Crippen LogP contribution is -2.36. The number of hydrogen-bond donors (Lipinski definition) is 0. The molecule has 3 rings (SSSR count). The van der Waals surface area contributed by atoms with Crippen LogP contribution in [0.2, 0.25) is 0 Å². The van der Waals surface area contributed by atoms with Crippen molar-refractivity contribution >= 4 is 11.5 Å². The van der Waals surface area contributed by atoms with Crippen LogP contribution in [0.5, 0.6) is 0 Å². The summed E-state index contributed by atoms with van der Waals surface area (Å²) in [5, 5.41) is 0. The first-order valence-electron chi connectivity index (χ1n) is 8.97. The predicted octanol–water partition coefficient (Wildman–Crippen LogP) is 5.10. The maximum Gasteiger partial charge on any atom is 0.135 e. The number of Topliss-reactive ketones (excluding diaryl/α,β-unsaturated/α-hetero) is 1. The Bertz CT molecular complexity index is 702. The average molecular weight is 321 g/mol. The fraction of sp³-hybridized carbons (Fsp3) is 0.409. The molecule has 0 saturated heterocycles. The summed E-state index contributed by atoms with van der Waals surface area (Å²) in [6, 6.07) is 17.4. The third kappa shape index (κ3) is 3.69. The van der Waals surface area contributed by atoms with Gasteiger partial charge in [-0.15, -0.1) is 0 Å².